The summed E-state index contributed by atoms with van der Waals surface area (Å²) >= 11 is 1.26. The van der Waals surface area contributed by atoms with Crippen LogP contribution in [0.25, 0.3) is 5.69 Å². The second kappa shape index (κ2) is 10.9. The molecule has 2 amide bonds. The minimum Gasteiger partial charge on any atom is -0.493 e. The van der Waals surface area contributed by atoms with Crippen molar-refractivity contribution in [3.05, 3.63) is 53.9 Å². The Morgan fingerprint density at radius 2 is 1.82 bits per heavy atom. The average Bonchev–Trinajstić information content (AvgIpc) is 3.30. The molecule has 0 fully saturated rings. The van der Waals surface area contributed by atoms with Gasteiger partial charge in [-0.2, -0.15) is 0 Å². The number of nitrogens with one attached hydrogen (secondary N) is 1. The van der Waals surface area contributed by atoms with E-state index in [0.717, 1.165) is 17.7 Å². The van der Waals surface area contributed by atoms with Crippen LogP contribution in [0.2, 0.25) is 0 Å². The highest BCUT2D eigenvalue weighted by atomic mass is 32.2. The van der Waals surface area contributed by atoms with Gasteiger partial charge < -0.3 is 19.7 Å². The number of anilines is 1. The number of para-hydroxylation sites is 1. The maximum Gasteiger partial charge on any atom is 0.255 e. The van der Waals surface area contributed by atoms with Crippen molar-refractivity contribution in [2.45, 2.75) is 18.5 Å². The SMILES string of the molecule is CCc1ccccc1-n1cnnc1SCC(=O)Nc1cc(OC)c(OC)cc1C(=O)N(C)C. The highest BCUT2D eigenvalue weighted by Gasteiger charge is 2.20. The number of carbonyl (C=O) groups is 2. The van der Waals surface area contributed by atoms with Gasteiger partial charge in [-0.1, -0.05) is 36.9 Å². The number of rotatable bonds is 9. The Morgan fingerprint density at radius 3 is 2.48 bits per heavy atom. The van der Waals surface area contributed by atoms with Gasteiger partial charge in [0, 0.05) is 20.2 Å². The van der Waals surface area contributed by atoms with Crippen LogP contribution in [-0.4, -0.2) is 65.5 Å². The van der Waals surface area contributed by atoms with Crippen LogP contribution >= 0.6 is 11.8 Å². The van der Waals surface area contributed by atoms with Crippen molar-refractivity contribution < 1.29 is 19.1 Å². The van der Waals surface area contributed by atoms with Crippen molar-refractivity contribution >= 4 is 29.3 Å². The van der Waals surface area contributed by atoms with E-state index in [0.29, 0.717) is 27.9 Å². The molecule has 3 rings (SSSR count). The Bertz CT molecular complexity index is 1150. The Hall–Kier alpha value is -3.53. The lowest BCUT2D eigenvalue weighted by atomic mass is 10.1. The molecule has 1 heterocycles. The molecule has 10 heteroatoms. The molecule has 0 saturated carbocycles. The van der Waals surface area contributed by atoms with Crippen molar-refractivity contribution in [1.29, 1.82) is 0 Å². The predicted molar refractivity (Wildman–Crippen MR) is 128 cm³/mol. The highest BCUT2D eigenvalue weighted by molar-refractivity contribution is 7.99. The van der Waals surface area contributed by atoms with Crippen LogP contribution < -0.4 is 14.8 Å². The van der Waals surface area contributed by atoms with Crippen LogP contribution in [0.3, 0.4) is 0 Å². The molecule has 9 nitrogen and oxygen atoms in total. The van der Waals surface area contributed by atoms with E-state index in [1.807, 2.05) is 22.8 Å². The number of benzene rings is 2. The van der Waals surface area contributed by atoms with E-state index in [1.54, 1.807) is 32.6 Å². The first kappa shape index (κ1) is 24.1. The standard InChI is InChI=1S/C23H27N5O4S/c1-6-15-9-7-8-10-18(15)28-14-24-26-23(28)33-13-21(29)25-17-12-20(32-5)19(31-4)11-16(17)22(30)27(2)3/h7-12,14H,6,13H2,1-5H3,(H,25,29). The molecule has 0 radical (unpaired) electrons. The third kappa shape index (κ3) is 5.46. The number of aromatic nitrogens is 3. The van der Waals surface area contributed by atoms with Gasteiger partial charge in [0.15, 0.2) is 16.7 Å². The minimum absolute atomic E-state index is 0.0803. The number of hydrogen-bond donors (Lipinski definition) is 1. The molecular weight excluding hydrogens is 442 g/mol. The molecule has 2 aromatic carbocycles. The summed E-state index contributed by atoms with van der Waals surface area (Å²) in [6.45, 7) is 2.08. The highest BCUT2D eigenvalue weighted by Crippen LogP contribution is 2.34. The maximum absolute atomic E-state index is 12.8. The van der Waals surface area contributed by atoms with E-state index in [9.17, 15) is 9.59 Å². The number of nitrogens with zero attached hydrogens (tertiary/aromatic N) is 4. The van der Waals surface area contributed by atoms with Gasteiger partial charge in [-0.05, 0) is 24.1 Å². The quantitative estimate of drug-likeness (QED) is 0.480. The summed E-state index contributed by atoms with van der Waals surface area (Å²) in [6.07, 6.45) is 2.50. The molecule has 0 bridgehead atoms. The predicted octanol–water partition coefficient (Wildman–Crippen LogP) is 3.28. The zero-order chi connectivity index (χ0) is 24.0. The Labute approximate surface area is 197 Å². The van der Waals surface area contributed by atoms with Crippen molar-refractivity contribution in [1.82, 2.24) is 19.7 Å². The van der Waals surface area contributed by atoms with Crippen molar-refractivity contribution in [2.75, 3.05) is 39.4 Å². The molecule has 3 aromatic rings. The number of methoxy groups -OCH3 is 2. The molecule has 1 aromatic heterocycles. The van der Waals surface area contributed by atoms with Crippen molar-refractivity contribution in [3.63, 3.8) is 0 Å². The number of hydrogen-bond acceptors (Lipinski definition) is 7. The van der Waals surface area contributed by atoms with Crippen LogP contribution in [-0.2, 0) is 11.2 Å². The van der Waals surface area contributed by atoms with Gasteiger partial charge in [0.05, 0.1) is 36.9 Å². The summed E-state index contributed by atoms with van der Waals surface area (Å²) in [5.74, 6) is 0.328. The van der Waals surface area contributed by atoms with E-state index in [2.05, 4.69) is 28.5 Å². The molecule has 0 atom stereocenters. The molecule has 0 unspecified atom stereocenters. The molecule has 174 valence electrons. The normalized spacial score (nSPS) is 10.6. The van der Waals surface area contributed by atoms with Crippen LogP contribution in [0.5, 0.6) is 11.5 Å². The average molecular weight is 470 g/mol. The summed E-state index contributed by atoms with van der Waals surface area (Å²) in [4.78, 5) is 26.9. The summed E-state index contributed by atoms with van der Waals surface area (Å²) in [7, 11) is 6.26. The molecule has 1 N–H and O–H groups in total. The fraction of sp³-hybridized carbons (Fsp3) is 0.304. The van der Waals surface area contributed by atoms with E-state index in [1.165, 1.54) is 30.9 Å². The van der Waals surface area contributed by atoms with E-state index in [-0.39, 0.29) is 17.6 Å². The fourth-order valence-electron chi connectivity index (χ4n) is 3.25. The topological polar surface area (TPSA) is 98.6 Å². The van der Waals surface area contributed by atoms with Gasteiger partial charge in [-0.25, -0.2) is 0 Å². The van der Waals surface area contributed by atoms with Gasteiger partial charge in [-0.3, -0.25) is 14.2 Å². The number of thioether (sulfide) groups is 1. The summed E-state index contributed by atoms with van der Waals surface area (Å²) < 4.78 is 12.5. The van der Waals surface area contributed by atoms with E-state index >= 15 is 0 Å². The van der Waals surface area contributed by atoms with Gasteiger partial charge in [0.2, 0.25) is 5.91 Å². The molecular formula is C23H27N5O4S. The van der Waals surface area contributed by atoms with E-state index in [4.69, 9.17) is 9.47 Å². The summed E-state index contributed by atoms with van der Waals surface area (Å²) in [5.41, 5.74) is 2.78. The molecule has 0 spiro atoms. The van der Waals surface area contributed by atoms with Gasteiger partial charge in [0.25, 0.3) is 5.91 Å². The van der Waals surface area contributed by atoms with Crippen LogP contribution in [0.4, 0.5) is 5.69 Å². The lowest BCUT2D eigenvalue weighted by molar-refractivity contribution is -0.113. The Kier molecular flexibility index (Phi) is 7.94. The first-order valence-corrected chi connectivity index (χ1v) is 11.3. The second-order valence-corrected chi connectivity index (χ2v) is 8.20. The van der Waals surface area contributed by atoms with Crippen molar-refractivity contribution in [3.8, 4) is 17.2 Å². The third-order valence-corrected chi connectivity index (χ3v) is 5.86. The lowest BCUT2D eigenvalue weighted by Crippen LogP contribution is -2.24. The van der Waals surface area contributed by atoms with Gasteiger partial charge in [0.1, 0.15) is 6.33 Å². The zero-order valence-electron chi connectivity index (χ0n) is 19.3. The Balaban J connectivity index is 1.80. The number of aryl methyl sites for hydroxylation is 1. The molecule has 0 aliphatic heterocycles. The molecule has 0 aliphatic carbocycles. The molecule has 0 saturated heterocycles. The lowest BCUT2D eigenvalue weighted by Gasteiger charge is -2.18. The maximum atomic E-state index is 12.8. The zero-order valence-corrected chi connectivity index (χ0v) is 20.1. The second-order valence-electron chi connectivity index (χ2n) is 7.25. The first-order chi connectivity index (χ1) is 15.9. The van der Waals surface area contributed by atoms with Crippen molar-refractivity contribution in [2.24, 2.45) is 0 Å². The number of amides is 2. The summed E-state index contributed by atoms with van der Waals surface area (Å²) in [5, 5.41) is 11.6. The monoisotopic (exact) mass is 469 g/mol. The first-order valence-electron chi connectivity index (χ1n) is 10.3. The van der Waals surface area contributed by atoms with Crippen LogP contribution in [0.1, 0.15) is 22.8 Å². The van der Waals surface area contributed by atoms with E-state index < -0.39 is 0 Å². The third-order valence-electron chi connectivity index (χ3n) is 4.92. The van der Waals surface area contributed by atoms with Crippen LogP contribution in [0.15, 0.2) is 47.9 Å². The number of carbonyl (C=O) groups excluding carboxylic acids is 2. The summed E-state index contributed by atoms with van der Waals surface area (Å²) in [6, 6.07) is 11.1. The fourth-order valence-corrected chi connectivity index (χ4v) is 3.97. The van der Waals surface area contributed by atoms with Gasteiger partial charge >= 0.3 is 0 Å². The smallest absolute Gasteiger partial charge is 0.255 e. The van der Waals surface area contributed by atoms with Gasteiger partial charge in [-0.15, -0.1) is 10.2 Å². The molecule has 0 aliphatic rings. The largest absolute Gasteiger partial charge is 0.493 e. The number of ether oxygens (including phenoxy) is 2. The Morgan fingerprint density at radius 1 is 1.12 bits per heavy atom. The van der Waals surface area contributed by atoms with Crippen LogP contribution in [0, 0.1) is 0 Å². The molecule has 33 heavy (non-hydrogen) atoms. The minimum atomic E-state index is -0.293.